The molecule has 0 bridgehead atoms. The number of hydrogen-bond acceptors (Lipinski definition) is 6. The fourth-order valence-corrected chi connectivity index (χ4v) is 2.15. The van der Waals surface area contributed by atoms with Crippen molar-refractivity contribution < 1.29 is 23.4 Å². The van der Waals surface area contributed by atoms with Crippen molar-refractivity contribution in [2.24, 2.45) is 0 Å². The van der Waals surface area contributed by atoms with Crippen LogP contribution in [0.25, 0.3) is 0 Å². The van der Waals surface area contributed by atoms with Gasteiger partial charge in [-0.1, -0.05) is 12.1 Å². The summed E-state index contributed by atoms with van der Waals surface area (Å²) in [6.07, 6.45) is 1.39. The van der Waals surface area contributed by atoms with E-state index in [4.69, 9.17) is 13.9 Å². The number of ether oxygens (including phenoxy) is 3. The van der Waals surface area contributed by atoms with Crippen molar-refractivity contribution in [1.82, 2.24) is 5.32 Å². The minimum atomic E-state index is -0.406. The topological polar surface area (TPSA) is 69.9 Å². The summed E-state index contributed by atoms with van der Waals surface area (Å²) in [6.45, 7) is 1.37. The third-order valence-corrected chi connectivity index (χ3v) is 3.17. The highest BCUT2D eigenvalue weighted by Crippen LogP contribution is 2.35. The van der Waals surface area contributed by atoms with Crippen molar-refractivity contribution in [1.29, 1.82) is 0 Å². The molecule has 1 aromatic heterocycles. The fourth-order valence-electron chi connectivity index (χ4n) is 2.15. The summed E-state index contributed by atoms with van der Waals surface area (Å²) < 4.78 is 20.7. The van der Waals surface area contributed by atoms with E-state index < -0.39 is 5.97 Å². The second kappa shape index (κ2) is 5.88. The van der Waals surface area contributed by atoms with Crippen molar-refractivity contribution in [3.63, 3.8) is 0 Å². The number of methoxy groups -OCH3 is 1. The third-order valence-electron chi connectivity index (χ3n) is 3.17. The van der Waals surface area contributed by atoms with E-state index in [9.17, 15) is 4.79 Å². The Kier molecular flexibility index (Phi) is 3.79. The van der Waals surface area contributed by atoms with Crippen LogP contribution in [0.1, 0.15) is 21.7 Å². The minimum Gasteiger partial charge on any atom is -0.467 e. The van der Waals surface area contributed by atoms with Crippen molar-refractivity contribution in [3.8, 4) is 11.5 Å². The van der Waals surface area contributed by atoms with Gasteiger partial charge >= 0.3 is 5.97 Å². The molecule has 6 heteroatoms. The largest absolute Gasteiger partial charge is 0.467 e. The summed E-state index contributed by atoms with van der Waals surface area (Å²) in [4.78, 5) is 11.3. The Morgan fingerprint density at radius 3 is 3.10 bits per heavy atom. The SMILES string of the molecule is COC(=O)c1coc(CNCc2cccc3c2OCO3)c1. The molecule has 0 spiro atoms. The summed E-state index contributed by atoms with van der Waals surface area (Å²) in [5.74, 6) is 1.80. The van der Waals surface area contributed by atoms with Crippen LogP contribution in [0.5, 0.6) is 11.5 Å². The number of furan rings is 1. The van der Waals surface area contributed by atoms with Gasteiger partial charge in [-0.3, -0.25) is 0 Å². The average molecular weight is 289 g/mol. The standard InChI is InChI=1S/C15H15NO5/c1-18-15(17)11-5-12(19-8-11)7-16-6-10-3-2-4-13-14(10)21-9-20-13/h2-5,8,16H,6-7,9H2,1H3. The van der Waals surface area contributed by atoms with Gasteiger partial charge in [0.1, 0.15) is 12.0 Å². The lowest BCUT2D eigenvalue weighted by Gasteiger charge is -2.06. The van der Waals surface area contributed by atoms with Crippen molar-refractivity contribution in [2.75, 3.05) is 13.9 Å². The molecule has 2 aromatic rings. The molecule has 0 fully saturated rings. The van der Waals surface area contributed by atoms with Crippen LogP contribution in [0, 0.1) is 0 Å². The minimum absolute atomic E-state index is 0.257. The van der Waals surface area contributed by atoms with Crippen molar-refractivity contribution in [3.05, 3.63) is 47.4 Å². The molecule has 0 atom stereocenters. The van der Waals surface area contributed by atoms with E-state index in [1.165, 1.54) is 13.4 Å². The number of benzene rings is 1. The van der Waals surface area contributed by atoms with Crippen LogP contribution < -0.4 is 14.8 Å². The normalized spacial score (nSPS) is 12.4. The number of fused-ring (bicyclic) bond motifs is 1. The Morgan fingerprint density at radius 2 is 2.24 bits per heavy atom. The molecular formula is C15H15NO5. The number of carbonyl (C=O) groups excluding carboxylic acids is 1. The Morgan fingerprint density at radius 1 is 1.33 bits per heavy atom. The van der Waals surface area contributed by atoms with Crippen LogP contribution in [0.15, 0.2) is 34.9 Å². The molecule has 6 nitrogen and oxygen atoms in total. The Bertz CT molecular complexity index is 649. The second-order valence-electron chi connectivity index (χ2n) is 4.55. The molecule has 2 heterocycles. The molecule has 1 aliphatic rings. The lowest BCUT2D eigenvalue weighted by molar-refractivity contribution is 0.0600. The Balaban J connectivity index is 1.58. The van der Waals surface area contributed by atoms with E-state index in [1.54, 1.807) is 6.07 Å². The quantitative estimate of drug-likeness (QED) is 0.850. The molecule has 0 aliphatic carbocycles. The summed E-state index contributed by atoms with van der Waals surface area (Å²) >= 11 is 0. The molecule has 3 rings (SSSR count). The van der Waals surface area contributed by atoms with Gasteiger partial charge in [0.15, 0.2) is 11.5 Å². The van der Waals surface area contributed by atoms with E-state index in [1.807, 2.05) is 18.2 Å². The maximum Gasteiger partial charge on any atom is 0.341 e. The van der Waals surface area contributed by atoms with Gasteiger partial charge in [0.2, 0.25) is 6.79 Å². The Hall–Kier alpha value is -2.47. The molecule has 1 N–H and O–H groups in total. The zero-order chi connectivity index (χ0) is 14.7. The van der Waals surface area contributed by atoms with Gasteiger partial charge in [0.05, 0.1) is 19.2 Å². The second-order valence-corrected chi connectivity index (χ2v) is 4.55. The third kappa shape index (κ3) is 2.85. The van der Waals surface area contributed by atoms with E-state index in [2.05, 4.69) is 10.1 Å². The molecule has 21 heavy (non-hydrogen) atoms. The van der Waals surface area contributed by atoms with E-state index in [-0.39, 0.29) is 6.79 Å². The molecule has 1 aliphatic heterocycles. The number of rotatable bonds is 5. The highest BCUT2D eigenvalue weighted by Gasteiger charge is 2.17. The summed E-state index contributed by atoms with van der Waals surface area (Å²) in [6, 6.07) is 7.43. The predicted octanol–water partition coefficient (Wildman–Crippen LogP) is 2.08. The average Bonchev–Trinajstić information content (AvgIpc) is 3.15. The highest BCUT2D eigenvalue weighted by molar-refractivity contribution is 5.88. The zero-order valence-electron chi connectivity index (χ0n) is 11.5. The molecule has 0 radical (unpaired) electrons. The van der Waals surface area contributed by atoms with Crippen molar-refractivity contribution >= 4 is 5.97 Å². The molecule has 110 valence electrons. The van der Waals surface area contributed by atoms with Crippen LogP contribution in [-0.4, -0.2) is 19.9 Å². The molecule has 0 saturated carbocycles. The van der Waals surface area contributed by atoms with E-state index >= 15 is 0 Å². The number of hydrogen-bond donors (Lipinski definition) is 1. The summed E-state index contributed by atoms with van der Waals surface area (Å²) in [5.41, 5.74) is 1.43. The van der Waals surface area contributed by atoms with Crippen LogP contribution in [0.3, 0.4) is 0 Å². The molecule has 0 amide bonds. The van der Waals surface area contributed by atoms with Crippen LogP contribution in [-0.2, 0) is 17.8 Å². The van der Waals surface area contributed by atoms with E-state index in [0.717, 1.165) is 17.1 Å². The maximum absolute atomic E-state index is 11.3. The first-order chi connectivity index (χ1) is 10.3. The molecular weight excluding hydrogens is 274 g/mol. The van der Waals surface area contributed by atoms with Crippen LogP contribution >= 0.6 is 0 Å². The monoisotopic (exact) mass is 289 g/mol. The number of esters is 1. The van der Waals surface area contributed by atoms with Gasteiger partial charge in [-0.15, -0.1) is 0 Å². The summed E-state index contributed by atoms with van der Waals surface area (Å²) in [7, 11) is 1.34. The highest BCUT2D eigenvalue weighted by atomic mass is 16.7. The van der Waals surface area contributed by atoms with Gasteiger partial charge in [-0.25, -0.2) is 4.79 Å². The van der Waals surface area contributed by atoms with Gasteiger partial charge in [-0.05, 0) is 12.1 Å². The van der Waals surface area contributed by atoms with E-state index in [0.29, 0.717) is 24.4 Å². The predicted molar refractivity (Wildman–Crippen MR) is 73.2 cm³/mol. The van der Waals surface area contributed by atoms with Gasteiger partial charge < -0.3 is 23.9 Å². The van der Waals surface area contributed by atoms with Crippen molar-refractivity contribution in [2.45, 2.75) is 13.1 Å². The lowest BCUT2D eigenvalue weighted by atomic mass is 10.2. The Labute approximate surface area is 121 Å². The van der Waals surface area contributed by atoms with Gasteiger partial charge in [-0.2, -0.15) is 0 Å². The van der Waals surface area contributed by atoms with Gasteiger partial charge in [0, 0.05) is 12.1 Å². The number of para-hydroxylation sites is 1. The van der Waals surface area contributed by atoms with Gasteiger partial charge in [0.25, 0.3) is 0 Å². The lowest BCUT2D eigenvalue weighted by Crippen LogP contribution is -2.12. The van der Waals surface area contributed by atoms with Crippen LogP contribution in [0.2, 0.25) is 0 Å². The first kappa shape index (κ1) is 13.5. The van der Waals surface area contributed by atoms with Crippen LogP contribution in [0.4, 0.5) is 0 Å². The first-order valence-corrected chi connectivity index (χ1v) is 6.52. The maximum atomic E-state index is 11.3. The fraction of sp³-hybridized carbons (Fsp3) is 0.267. The first-order valence-electron chi connectivity index (χ1n) is 6.52. The molecule has 0 unspecified atom stereocenters. The summed E-state index contributed by atoms with van der Waals surface area (Å²) in [5, 5.41) is 3.24. The molecule has 1 aromatic carbocycles. The number of carbonyl (C=O) groups is 1. The molecule has 0 saturated heterocycles. The smallest absolute Gasteiger partial charge is 0.341 e. The zero-order valence-corrected chi connectivity index (χ0v) is 11.5. The number of nitrogens with one attached hydrogen (secondary N) is 1.